The average Bonchev–Trinajstić information content (AvgIpc) is 2.57. The molecule has 1 aromatic heterocycles. The quantitative estimate of drug-likeness (QED) is 0.732. The average molecular weight is 269 g/mol. The molecule has 2 aromatic rings. The minimum Gasteiger partial charge on any atom is -0.326 e. The number of halogens is 2. The number of nitrogens with zero attached hydrogens (tertiary/aromatic N) is 2. The van der Waals surface area contributed by atoms with Gasteiger partial charge in [-0.1, -0.05) is 26.8 Å². The van der Waals surface area contributed by atoms with Crippen LogP contribution < -0.4 is 0 Å². The molecular formula is C14H18ClFN2. The van der Waals surface area contributed by atoms with Gasteiger partial charge in [0.25, 0.3) is 0 Å². The number of fused-ring (bicyclic) bond motifs is 1. The summed E-state index contributed by atoms with van der Waals surface area (Å²) in [6.45, 7) is 9.04. The van der Waals surface area contributed by atoms with Gasteiger partial charge in [-0.2, -0.15) is 0 Å². The maximum Gasteiger partial charge on any atom is 0.151 e. The lowest BCUT2D eigenvalue weighted by molar-refractivity contribution is 0.343. The van der Waals surface area contributed by atoms with Crippen LogP contribution >= 0.6 is 11.6 Å². The van der Waals surface area contributed by atoms with Crippen LogP contribution in [-0.4, -0.2) is 9.55 Å². The third-order valence-corrected chi connectivity index (χ3v) is 2.94. The number of imidazole rings is 1. The molecule has 0 radical (unpaired) electrons. The third kappa shape index (κ3) is 2.51. The zero-order chi connectivity index (χ0) is 13.5. The van der Waals surface area contributed by atoms with E-state index in [1.54, 1.807) is 6.07 Å². The molecule has 2 nitrogen and oxygen atoms in total. The van der Waals surface area contributed by atoms with Gasteiger partial charge in [0.1, 0.15) is 11.3 Å². The van der Waals surface area contributed by atoms with Crippen LogP contribution in [0.2, 0.25) is 0 Å². The molecule has 0 fully saturated rings. The Morgan fingerprint density at radius 1 is 1.39 bits per heavy atom. The molecule has 0 spiro atoms. The lowest BCUT2D eigenvalue weighted by Gasteiger charge is -2.21. The van der Waals surface area contributed by atoms with Crippen molar-refractivity contribution in [1.82, 2.24) is 9.55 Å². The molecule has 0 aliphatic heterocycles. The summed E-state index contributed by atoms with van der Waals surface area (Å²) in [5.41, 5.74) is 1.30. The summed E-state index contributed by atoms with van der Waals surface area (Å²) in [7, 11) is 0. The summed E-state index contributed by atoms with van der Waals surface area (Å²) in [5.74, 6) is 0.436. The van der Waals surface area contributed by atoms with E-state index in [2.05, 4.69) is 25.8 Å². The van der Waals surface area contributed by atoms with E-state index in [0.717, 1.165) is 17.9 Å². The lowest BCUT2D eigenvalue weighted by atomic mass is 9.96. The van der Waals surface area contributed by atoms with E-state index in [0.29, 0.717) is 5.52 Å². The fraction of sp³-hybridized carbons (Fsp3) is 0.500. The number of hydrogen-bond donors (Lipinski definition) is 0. The highest BCUT2D eigenvalue weighted by atomic mass is 35.5. The van der Waals surface area contributed by atoms with Gasteiger partial charge in [-0.3, -0.25) is 0 Å². The first kappa shape index (κ1) is 13.3. The second-order valence-corrected chi connectivity index (χ2v) is 6.50. The largest absolute Gasteiger partial charge is 0.326 e. The molecule has 0 saturated carbocycles. The first-order valence-electron chi connectivity index (χ1n) is 6.08. The molecule has 1 aromatic carbocycles. The monoisotopic (exact) mass is 268 g/mol. The zero-order valence-corrected chi connectivity index (χ0v) is 11.9. The lowest BCUT2D eigenvalue weighted by Crippen LogP contribution is -2.17. The van der Waals surface area contributed by atoms with Crippen molar-refractivity contribution in [1.29, 1.82) is 0 Å². The van der Waals surface area contributed by atoms with Crippen molar-refractivity contribution in [2.24, 2.45) is 5.41 Å². The van der Waals surface area contributed by atoms with Crippen molar-refractivity contribution in [3.8, 4) is 0 Å². The standard InChI is InChI=1S/C14H18ClFN2/c1-9(15)13-17-12-10(16)6-5-7-11(12)18(13)8-14(2,3)4/h5-7,9H,8H2,1-4H3. The minimum absolute atomic E-state index is 0.0838. The van der Waals surface area contributed by atoms with E-state index in [1.807, 2.05) is 17.6 Å². The summed E-state index contributed by atoms with van der Waals surface area (Å²) in [5, 5.41) is -0.237. The highest BCUT2D eigenvalue weighted by Crippen LogP contribution is 2.29. The topological polar surface area (TPSA) is 17.8 Å². The highest BCUT2D eigenvalue weighted by Gasteiger charge is 2.21. The Kier molecular flexibility index (Phi) is 3.37. The molecular weight excluding hydrogens is 251 g/mol. The molecule has 0 amide bonds. The maximum absolute atomic E-state index is 13.8. The van der Waals surface area contributed by atoms with Gasteiger partial charge in [0, 0.05) is 6.54 Å². The normalized spacial score (nSPS) is 14.1. The van der Waals surface area contributed by atoms with Gasteiger partial charge in [0.15, 0.2) is 5.82 Å². The van der Waals surface area contributed by atoms with Crippen LogP contribution in [0.5, 0.6) is 0 Å². The van der Waals surface area contributed by atoms with Crippen LogP contribution in [-0.2, 0) is 6.54 Å². The number of benzene rings is 1. The van der Waals surface area contributed by atoms with Gasteiger partial charge in [0.2, 0.25) is 0 Å². The first-order valence-corrected chi connectivity index (χ1v) is 6.52. The van der Waals surface area contributed by atoms with Gasteiger partial charge in [-0.15, -0.1) is 11.6 Å². The van der Waals surface area contributed by atoms with Crippen LogP contribution in [0.15, 0.2) is 18.2 Å². The number of hydrogen-bond acceptors (Lipinski definition) is 1. The Labute approximate surface area is 112 Å². The predicted octanol–water partition coefficient (Wildman–Crippen LogP) is 4.52. The molecule has 4 heteroatoms. The number of aromatic nitrogens is 2. The molecule has 2 rings (SSSR count). The summed E-state index contributed by atoms with van der Waals surface area (Å²) < 4.78 is 15.8. The Morgan fingerprint density at radius 3 is 2.61 bits per heavy atom. The Balaban J connectivity index is 2.67. The van der Waals surface area contributed by atoms with E-state index in [-0.39, 0.29) is 16.6 Å². The van der Waals surface area contributed by atoms with Crippen LogP contribution in [0.3, 0.4) is 0 Å². The van der Waals surface area contributed by atoms with Crippen molar-refractivity contribution in [2.45, 2.75) is 39.6 Å². The van der Waals surface area contributed by atoms with Gasteiger partial charge in [-0.05, 0) is 24.5 Å². The zero-order valence-electron chi connectivity index (χ0n) is 11.2. The van der Waals surface area contributed by atoms with Crippen molar-refractivity contribution in [3.63, 3.8) is 0 Å². The summed E-state index contributed by atoms with van der Waals surface area (Å²) >= 11 is 6.16. The molecule has 1 atom stereocenters. The van der Waals surface area contributed by atoms with Gasteiger partial charge >= 0.3 is 0 Å². The van der Waals surface area contributed by atoms with Crippen LogP contribution in [0.25, 0.3) is 11.0 Å². The third-order valence-electron chi connectivity index (χ3n) is 2.75. The second kappa shape index (κ2) is 4.54. The SMILES string of the molecule is CC(Cl)c1nc2c(F)cccc2n1CC(C)(C)C. The minimum atomic E-state index is -0.293. The van der Waals surface area contributed by atoms with Crippen molar-refractivity contribution in [3.05, 3.63) is 29.8 Å². The van der Waals surface area contributed by atoms with Crippen LogP contribution in [0.1, 0.15) is 38.9 Å². The number of alkyl halides is 1. The van der Waals surface area contributed by atoms with E-state index in [1.165, 1.54) is 6.07 Å². The molecule has 18 heavy (non-hydrogen) atoms. The summed E-state index contributed by atoms with van der Waals surface area (Å²) in [6, 6.07) is 5.03. The number of rotatable bonds is 2. The molecule has 98 valence electrons. The second-order valence-electron chi connectivity index (χ2n) is 5.84. The van der Waals surface area contributed by atoms with Crippen molar-refractivity contribution in [2.75, 3.05) is 0 Å². The van der Waals surface area contributed by atoms with Crippen molar-refractivity contribution < 1.29 is 4.39 Å². The summed E-state index contributed by atoms with van der Waals surface area (Å²) in [4.78, 5) is 4.35. The molecule has 0 N–H and O–H groups in total. The molecule has 1 heterocycles. The smallest absolute Gasteiger partial charge is 0.151 e. The molecule has 0 saturated heterocycles. The Morgan fingerprint density at radius 2 is 2.06 bits per heavy atom. The van der Waals surface area contributed by atoms with Gasteiger partial charge in [0.05, 0.1) is 10.9 Å². The molecule has 0 aliphatic rings. The fourth-order valence-corrected chi connectivity index (χ4v) is 2.24. The first-order chi connectivity index (χ1) is 8.29. The van der Waals surface area contributed by atoms with Crippen LogP contribution in [0, 0.1) is 11.2 Å². The fourth-order valence-electron chi connectivity index (χ4n) is 2.07. The molecule has 0 aliphatic carbocycles. The van der Waals surface area contributed by atoms with Gasteiger partial charge < -0.3 is 4.57 Å². The van der Waals surface area contributed by atoms with Crippen LogP contribution in [0.4, 0.5) is 4.39 Å². The molecule has 0 bridgehead atoms. The predicted molar refractivity (Wildman–Crippen MR) is 73.4 cm³/mol. The van der Waals surface area contributed by atoms with E-state index in [4.69, 9.17) is 11.6 Å². The van der Waals surface area contributed by atoms with Gasteiger partial charge in [-0.25, -0.2) is 9.37 Å². The summed E-state index contributed by atoms with van der Waals surface area (Å²) in [6.07, 6.45) is 0. The van der Waals surface area contributed by atoms with E-state index < -0.39 is 0 Å². The van der Waals surface area contributed by atoms with E-state index in [9.17, 15) is 4.39 Å². The maximum atomic E-state index is 13.8. The number of para-hydroxylation sites is 1. The molecule has 1 unspecified atom stereocenters. The Bertz CT molecular complexity index is 567. The van der Waals surface area contributed by atoms with E-state index >= 15 is 0 Å². The van der Waals surface area contributed by atoms with Crippen molar-refractivity contribution >= 4 is 22.6 Å². The highest BCUT2D eigenvalue weighted by molar-refractivity contribution is 6.20. The Hall–Kier alpha value is -1.09.